The fraction of sp³-hybridized carbons (Fsp3) is 0.529. The number of H-pyrrole nitrogens is 1. The number of para-hydroxylation sites is 1. The number of fused-ring (bicyclic) bond motifs is 3. The summed E-state index contributed by atoms with van der Waals surface area (Å²) in [6.45, 7) is 2.42. The number of hydrogen-bond donors (Lipinski definition) is 2. The Morgan fingerprint density at radius 1 is 1.26 bits per heavy atom. The molecule has 1 saturated carbocycles. The molecule has 4 heterocycles. The summed E-state index contributed by atoms with van der Waals surface area (Å²) in [5, 5.41) is 11.4. The van der Waals surface area contributed by atoms with Crippen molar-refractivity contribution < 1.29 is 4.79 Å². The average molecular weight is 333 g/mol. The van der Waals surface area contributed by atoms with Crippen LogP contribution in [0.1, 0.15) is 36.2 Å². The predicted molar refractivity (Wildman–Crippen MR) is 90.9 cm³/mol. The number of nitrogens with zero attached hydrogens (tertiary/aromatic N) is 2. The molecule has 6 rings (SSSR count). The number of carbonyl (C=O) groups excluding carboxylic acids is 1. The van der Waals surface area contributed by atoms with Gasteiger partial charge in [0.05, 0.1) is 11.6 Å². The summed E-state index contributed by atoms with van der Waals surface area (Å²) in [4.78, 5) is 15.4. The molecule has 23 heavy (non-hydrogen) atoms. The molecule has 4 aliphatic rings. The van der Waals surface area contributed by atoms with E-state index >= 15 is 0 Å². The van der Waals surface area contributed by atoms with Crippen molar-refractivity contribution in [2.75, 3.05) is 13.1 Å². The topological polar surface area (TPSA) is 61.0 Å². The number of amides is 1. The summed E-state index contributed by atoms with van der Waals surface area (Å²) in [7, 11) is 0. The van der Waals surface area contributed by atoms with Crippen molar-refractivity contribution in [2.24, 2.45) is 5.92 Å². The summed E-state index contributed by atoms with van der Waals surface area (Å²) in [6.07, 6.45) is 4.90. The smallest absolute Gasteiger partial charge is 0.272 e. The normalized spacial score (nSPS) is 30.2. The number of hydrogen-bond acceptors (Lipinski definition) is 3. The van der Waals surface area contributed by atoms with Gasteiger partial charge in [0.25, 0.3) is 5.91 Å². The second kappa shape index (κ2) is 5.21. The predicted octanol–water partition coefficient (Wildman–Crippen LogP) is 2.34. The quantitative estimate of drug-likeness (QED) is 0.887. The van der Waals surface area contributed by atoms with Gasteiger partial charge in [-0.3, -0.25) is 14.8 Å². The Morgan fingerprint density at radius 2 is 2.00 bits per heavy atom. The lowest BCUT2D eigenvalue weighted by atomic mass is 9.77. The van der Waals surface area contributed by atoms with Crippen LogP contribution in [0.4, 0.5) is 0 Å². The lowest BCUT2D eigenvalue weighted by Gasteiger charge is -2.52. The van der Waals surface area contributed by atoms with Gasteiger partial charge in [-0.1, -0.05) is 18.2 Å². The van der Waals surface area contributed by atoms with Gasteiger partial charge >= 0.3 is 0 Å². The minimum atomic E-state index is -0.0255. The molecule has 122 valence electrons. The lowest BCUT2D eigenvalue weighted by Crippen LogP contribution is -2.65. The number of halogens is 1. The second-order valence-electron chi connectivity index (χ2n) is 7.00. The van der Waals surface area contributed by atoms with Crippen molar-refractivity contribution in [1.82, 2.24) is 20.4 Å². The van der Waals surface area contributed by atoms with E-state index < -0.39 is 0 Å². The number of piperidine rings is 3. The van der Waals surface area contributed by atoms with Crippen LogP contribution in [0, 0.1) is 5.92 Å². The van der Waals surface area contributed by atoms with Gasteiger partial charge in [-0.25, -0.2) is 0 Å². The first-order chi connectivity index (χ1) is 10.8. The standard InChI is InChI=1S/C17H20N4O.ClH/c22-16(14-12-3-1-2-4-13(12)19-20-14)18-15-11-5-9-21(10-6-11)17(15)7-8-17;/h1-4,11,15H,5-10H2,(H,18,22)(H,19,20);1H/t15-;/m1./s1. The van der Waals surface area contributed by atoms with Gasteiger partial charge in [0, 0.05) is 10.9 Å². The van der Waals surface area contributed by atoms with Gasteiger partial charge in [-0.15, -0.1) is 12.4 Å². The highest BCUT2D eigenvalue weighted by Gasteiger charge is 2.60. The average Bonchev–Trinajstić information content (AvgIpc) is 3.21. The van der Waals surface area contributed by atoms with Crippen molar-refractivity contribution in [3.05, 3.63) is 30.0 Å². The van der Waals surface area contributed by atoms with Crippen LogP contribution in [0.2, 0.25) is 0 Å². The Labute approximate surface area is 141 Å². The molecule has 4 fully saturated rings. The van der Waals surface area contributed by atoms with E-state index in [1.165, 1.54) is 38.8 Å². The summed E-state index contributed by atoms with van der Waals surface area (Å²) in [6, 6.07) is 8.12. The molecule has 3 aliphatic heterocycles. The first-order valence-electron chi connectivity index (χ1n) is 8.27. The Bertz CT molecular complexity index is 746. The van der Waals surface area contributed by atoms with Crippen molar-refractivity contribution in [2.45, 2.75) is 37.3 Å². The van der Waals surface area contributed by atoms with E-state index in [9.17, 15) is 4.79 Å². The van der Waals surface area contributed by atoms with Crippen LogP contribution in [0.5, 0.6) is 0 Å². The van der Waals surface area contributed by atoms with Crippen molar-refractivity contribution in [3.63, 3.8) is 0 Å². The van der Waals surface area contributed by atoms with Gasteiger partial charge in [0.2, 0.25) is 0 Å². The fourth-order valence-electron chi connectivity index (χ4n) is 4.67. The van der Waals surface area contributed by atoms with E-state index in [0.717, 1.165) is 10.9 Å². The van der Waals surface area contributed by atoms with Crippen LogP contribution >= 0.6 is 12.4 Å². The molecule has 1 aromatic heterocycles. The molecule has 3 saturated heterocycles. The Morgan fingerprint density at radius 3 is 2.74 bits per heavy atom. The minimum Gasteiger partial charge on any atom is -0.346 e. The zero-order valence-corrected chi connectivity index (χ0v) is 13.7. The summed E-state index contributed by atoms with van der Waals surface area (Å²) in [5.41, 5.74) is 1.72. The molecule has 0 radical (unpaired) electrons. The van der Waals surface area contributed by atoms with Gasteiger partial charge in [0.1, 0.15) is 0 Å². The van der Waals surface area contributed by atoms with E-state index in [1.807, 2.05) is 24.3 Å². The highest BCUT2D eigenvalue weighted by atomic mass is 35.5. The molecule has 5 nitrogen and oxygen atoms in total. The van der Waals surface area contributed by atoms with Crippen LogP contribution in [0.15, 0.2) is 24.3 Å². The zero-order chi connectivity index (χ0) is 14.7. The van der Waals surface area contributed by atoms with Crippen LogP contribution in [-0.2, 0) is 0 Å². The first kappa shape index (κ1) is 15.0. The molecule has 0 unspecified atom stereocenters. The third-order valence-corrected chi connectivity index (χ3v) is 5.95. The zero-order valence-electron chi connectivity index (χ0n) is 12.9. The van der Waals surface area contributed by atoms with Crippen molar-refractivity contribution in [3.8, 4) is 0 Å². The second-order valence-corrected chi connectivity index (χ2v) is 7.00. The maximum atomic E-state index is 12.8. The number of rotatable bonds is 2. The third-order valence-electron chi connectivity index (χ3n) is 5.95. The number of aromatic amines is 1. The molecule has 2 aromatic rings. The molecule has 6 heteroatoms. The molecule has 2 bridgehead atoms. The first-order valence-corrected chi connectivity index (χ1v) is 8.27. The Kier molecular flexibility index (Phi) is 3.39. The fourth-order valence-corrected chi connectivity index (χ4v) is 4.67. The summed E-state index contributed by atoms with van der Waals surface area (Å²) in [5.74, 6) is 0.615. The van der Waals surface area contributed by atoms with E-state index in [0.29, 0.717) is 17.7 Å². The molecular formula is C17H21ClN4O. The molecule has 1 aromatic carbocycles. The van der Waals surface area contributed by atoms with Crippen molar-refractivity contribution >= 4 is 29.2 Å². The van der Waals surface area contributed by atoms with Crippen LogP contribution in [-0.4, -0.2) is 45.7 Å². The number of carbonyl (C=O) groups is 1. The Hall–Kier alpha value is -1.59. The molecule has 1 atom stereocenters. The van der Waals surface area contributed by atoms with E-state index in [4.69, 9.17) is 0 Å². The maximum Gasteiger partial charge on any atom is 0.272 e. The van der Waals surface area contributed by atoms with E-state index in [1.54, 1.807) is 0 Å². The van der Waals surface area contributed by atoms with Crippen LogP contribution in [0.3, 0.4) is 0 Å². The lowest BCUT2D eigenvalue weighted by molar-refractivity contribution is -0.00150. The largest absolute Gasteiger partial charge is 0.346 e. The van der Waals surface area contributed by atoms with Crippen LogP contribution in [0.25, 0.3) is 10.9 Å². The highest BCUT2D eigenvalue weighted by Crippen LogP contribution is 2.53. The van der Waals surface area contributed by atoms with E-state index in [2.05, 4.69) is 20.4 Å². The molecular weight excluding hydrogens is 312 g/mol. The SMILES string of the molecule is Cl.O=C(N[C@@H]1C2CCN(CC2)C12CC2)c1n[nH]c2ccccc12. The van der Waals surface area contributed by atoms with Crippen LogP contribution < -0.4 is 5.32 Å². The number of benzene rings is 1. The van der Waals surface area contributed by atoms with E-state index in [-0.39, 0.29) is 23.9 Å². The Balaban J connectivity index is 0.00000135. The van der Waals surface area contributed by atoms with Gasteiger partial charge in [-0.2, -0.15) is 5.10 Å². The third kappa shape index (κ3) is 2.10. The molecule has 1 spiro atoms. The van der Waals surface area contributed by atoms with Crippen molar-refractivity contribution in [1.29, 1.82) is 0 Å². The highest BCUT2D eigenvalue weighted by molar-refractivity contribution is 6.04. The number of aromatic nitrogens is 2. The summed E-state index contributed by atoms with van der Waals surface area (Å²) >= 11 is 0. The number of nitrogens with one attached hydrogen (secondary N) is 2. The minimum absolute atomic E-state index is 0. The van der Waals surface area contributed by atoms with Gasteiger partial charge in [0.15, 0.2) is 5.69 Å². The van der Waals surface area contributed by atoms with Gasteiger partial charge in [-0.05, 0) is 50.8 Å². The molecule has 2 N–H and O–H groups in total. The summed E-state index contributed by atoms with van der Waals surface area (Å²) < 4.78 is 0. The molecule has 1 amide bonds. The monoisotopic (exact) mass is 332 g/mol. The van der Waals surface area contributed by atoms with Gasteiger partial charge < -0.3 is 5.32 Å². The molecule has 1 aliphatic carbocycles. The maximum absolute atomic E-state index is 12.8.